The van der Waals surface area contributed by atoms with Gasteiger partial charge in [0.25, 0.3) is 11.5 Å². The van der Waals surface area contributed by atoms with Crippen LogP contribution in [-0.4, -0.2) is 30.6 Å². The highest BCUT2D eigenvalue weighted by atomic mass is 35.5. The summed E-state index contributed by atoms with van der Waals surface area (Å²) in [4.78, 5) is 35.9. The molecule has 0 spiro atoms. The lowest BCUT2D eigenvalue weighted by molar-refractivity contribution is -0.143. The van der Waals surface area contributed by atoms with E-state index in [0.717, 1.165) is 6.20 Å². The topological polar surface area (TPSA) is 106 Å². The maximum atomic E-state index is 14.2. The van der Waals surface area contributed by atoms with E-state index in [4.69, 9.17) is 11.6 Å². The molecular weight excluding hydrogens is 485 g/mol. The molecule has 12 heteroatoms. The van der Waals surface area contributed by atoms with Gasteiger partial charge in [0.1, 0.15) is 5.15 Å². The van der Waals surface area contributed by atoms with Gasteiger partial charge >= 0.3 is 6.18 Å². The summed E-state index contributed by atoms with van der Waals surface area (Å²) in [6.45, 7) is 1.60. The van der Waals surface area contributed by atoms with Gasteiger partial charge < -0.3 is 10.3 Å². The summed E-state index contributed by atoms with van der Waals surface area (Å²) in [7, 11) is 0. The van der Waals surface area contributed by atoms with Crippen molar-refractivity contribution in [2.45, 2.75) is 13.1 Å². The van der Waals surface area contributed by atoms with Crippen LogP contribution < -0.4 is 10.9 Å². The van der Waals surface area contributed by atoms with E-state index in [2.05, 4.69) is 25.4 Å². The fourth-order valence-corrected chi connectivity index (χ4v) is 4.04. The van der Waals surface area contributed by atoms with Crippen LogP contribution in [-0.2, 0) is 6.18 Å². The highest BCUT2D eigenvalue weighted by Gasteiger charge is 2.41. The first-order valence-electron chi connectivity index (χ1n) is 10.1. The highest BCUT2D eigenvalue weighted by Crippen LogP contribution is 2.35. The molecule has 8 nitrogen and oxygen atoms in total. The predicted octanol–water partition coefficient (Wildman–Crippen LogP) is 4.89. The molecule has 4 aromatic heterocycles. The van der Waals surface area contributed by atoms with Gasteiger partial charge in [0, 0.05) is 28.6 Å². The first-order valence-corrected chi connectivity index (χ1v) is 10.5. The Bertz CT molecular complexity index is 1690. The molecular formula is C23H14ClF3N6O2. The van der Waals surface area contributed by atoms with Crippen LogP contribution in [0, 0.1) is 6.92 Å². The molecule has 0 aliphatic carbocycles. The average molecular weight is 499 g/mol. The number of carbonyl (C=O) groups excluding carboxylic acids is 1. The average Bonchev–Trinajstić information content (AvgIpc) is 3.26. The van der Waals surface area contributed by atoms with Crippen molar-refractivity contribution in [1.29, 1.82) is 0 Å². The number of pyridine rings is 3. The molecule has 0 radical (unpaired) electrons. The maximum absolute atomic E-state index is 14.2. The monoisotopic (exact) mass is 498 g/mol. The molecule has 0 aliphatic rings. The minimum Gasteiger partial charge on any atom is -0.329 e. The van der Waals surface area contributed by atoms with Crippen LogP contribution >= 0.6 is 11.6 Å². The Balaban J connectivity index is 1.62. The number of carbonyl (C=O) groups is 1. The number of aromatic amines is 1. The van der Waals surface area contributed by atoms with Gasteiger partial charge in [0.2, 0.25) is 0 Å². The minimum atomic E-state index is -4.93. The van der Waals surface area contributed by atoms with Crippen molar-refractivity contribution >= 4 is 44.9 Å². The van der Waals surface area contributed by atoms with E-state index in [1.807, 2.05) is 0 Å². The zero-order chi connectivity index (χ0) is 24.9. The van der Waals surface area contributed by atoms with Crippen molar-refractivity contribution in [3.05, 3.63) is 87.4 Å². The highest BCUT2D eigenvalue weighted by molar-refractivity contribution is 6.34. The standard InChI is InChI=1S/C23H14ClF3N6O2/c1-11-17(9-14-16(31-11)6-8-28-20(14)24)32-22(35)15-10-30-33(19(15)23(25,26)27)18-4-2-3-13-12(18)5-7-29-21(13)34/h2-10H,1H3,(H,29,34)(H,32,35). The van der Waals surface area contributed by atoms with Crippen molar-refractivity contribution in [2.24, 2.45) is 0 Å². The van der Waals surface area contributed by atoms with Crippen LogP contribution in [0.5, 0.6) is 0 Å². The lowest BCUT2D eigenvalue weighted by Gasteiger charge is -2.15. The van der Waals surface area contributed by atoms with Gasteiger partial charge in [-0.3, -0.25) is 14.6 Å². The Kier molecular flexibility index (Phi) is 5.28. The van der Waals surface area contributed by atoms with Crippen LogP contribution in [0.15, 0.2) is 59.8 Å². The second-order valence-corrected chi connectivity index (χ2v) is 7.96. The first kappa shape index (κ1) is 22.5. The van der Waals surface area contributed by atoms with Crippen LogP contribution in [0.3, 0.4) is 0 Å². The second kappa shape index (κ2) is 8.20. The molecule has 1 aromatic carbocycles. The Morgan fingerprint density at radius 1 is 1.14 bits per heavy atom. The Morgan fingerprint density at radius 2 is 1.94 bits per heavy atom. The van der Waals surface area contributed by atoms with Gasteiger partial charge in [-0.25, -0.2) is 9.67 Å². The molecule has 0 unspecified atom stereocenters. The Hall–Kier alpha value is -4.25. The third kappa shape index (κ3) is 3.89. The number of rotatable bonds is 3. The molecule has 176 valence electrons. The number of hydrogen-bond acceptors (Lipinski definition) is 5. The Labute approximate surface area is 199 Å². The maximum Gasteiger partial charge on any atom is 0.434 e. The molecule has 4 heterocycles. The van der Waals surface area contributed by atoms with Crippen molar-refractivity contribution in [1.82, 2.24) is 24.7 Å². The molecule has 5 rings (SSSR count). The van der Waals surface area contributed by atoms with Gasteiger partial charge in [-0.05, 0) is 37.3 Å². The van der Waals surface area contributed by atoms with E-state index in [-0.39, 0.29) is 27.3 Å². The zero-order valence-electron chi connectivity index (χ0n) is 17.8. The molecule has 1 amide bonds. The molecule has 0 fully saturated rings. The van der Waals surface area contributed by atoms with Gasteiger partial charge in [0.15, 0.2) is 5.69 Å². The third-order valence-electron chi connectivity index (χ3n) is 5.44. The summed E-state index contributed by atoms with van der Waals surface area (Å²) in [6.07, 6.45) is -1.30. The molecule has 0 aliphatic heterocycles. The summed E-state index contributed by atoms with van der Waals surface area (Å²) in [5.74, 6) is -1.04. The summed E-state index contributed by atoms with van der Waals surface area (Å²) in [5.41, 5.74) is -1.37. The number of aromatic nitrogens is 5. The number of aryl methyl sites for hydroxylation is 1. The number of nitrogens with zero attached hydrogens (tertiary/aromatic N) is 4. The number of halogens is 4. The van der Waals surface area contributed by atoms with Crippen LogP contribution in [0.25, 0.3) is 27.4 Å². The molecule has 0 bridgehead atoms. The summed E-state index contributed by atoms with van der Waals surface area (Å²) >= 11 is 6.10. The number of amides is 1. The minimum absolute atomic E-state index is 0.00128. The van der Waals surface area contributed by atoms with Crippen LogP contribution in [0.2, 0.25) is 5.15 Å². The quantitative estimate of drug-likeness (QED) is 0.345. The van der Waals surface area contributed by atoms with Crippen molar-refractivity contribution in [2.75, 3.05) is 5.32 Å². The van der Waals surface area contributed by atoms with Gasteiger partial charge in [-0.1, -0.05) is 17.7 Å². The smallest absolute Gasteiger partial charge is 0.329 e. The predicted molar refractivity (Wildman–Crippen MR) is 124 cm³/mol. The van der Waals surface area contributed by atoms with E-state index in [0.29, 0.717) is 21.3 Å². The lowest BCUT2D eigenvalue weighted by Crippen LogP contribution is -2.21. The van der Waals surface area contributed by atoms with E-state index < -0.39 is 28.9 Å². The largest absolute Gasteiger partial charge is 0.434 e. The molecule has 0 saturated heterocycles. The van der Waals surface area contributed by atoms with E-state index in [1.165, 1.54) is 42.7 Å². The normalized spacial score (nSPS) is 11.8. The zero-order valence-corrected chi connectivity index (χ0v) is 18.6. The molecule has 35 heavy (non-hydrogen) atoms. The van der Waals surface area contributed by atoms with E-state index in [1.54, 1.807) is 13.0 Å². The number of hydrogen-bond donors (Lipinski definition) is 2. The first-order chi connectivity index (χ1) is 16.6. The number of H-pyrrole nitrogens is 1. The van der Waals surface area contributed by atoms with Crippen molar-refractivity contribution in [3.8, 4) is 5.69 Å². The van der Waals surface area contributed by atoms with Gasteiger partial charge in [-0.15, -0.1) is 0 Å². The molecule has 0 saturated carbocycles. The lowest BCUT2D eigenvalue weighted by atomic mass is 10.1. The fraction of sp³-hybridized carbons (Fsp3) is 0.0870. The number of alkyl halides is 3. The Morgan fingerprint density at radius 3 is 2.71 bits per heavy atom. The number of anilines is 1. The van der Waals surface area contributed by atoms with Gasteiger partial charge in [-0.2, -0.15) is 18.3 Å². The molecule has 5 aromatic rings. The van der Waals surface area contributed by atoms with Gasteiger partial charge in [0.05, 0.1) is 34.3 Å². The number of nitrogens with one attached hydrogen (secondary N) is 2. The molecule has 2 N–H and O–H groups in total. The number of benzene rings is 1. The SMILES string of the molecule is Cc1nc2ccnc(Cl)c2cc1NC(=O)c1cnn(-c2cccc3c(=O)[nH]ccc23)c1C(F)(F)F. The summed E-state index contributed by atoms with van der Waals surface area (Å²) in [6, 6.07) is 8.90. The molecule has 0 atom stereocenters. The van der Waals surface area contributed by atoms with Crippen molar-refractivity contribution < 1.29 is 18.0 Å². The second-order valence-electron chi connectivity index (χ2n) is 7.61. The fourth-order valence-electron chi connectivity index (χ4n) is 3.83. The summed E-state index contributed by atoms with van der Waals surface area (Å²) in [5, 5.41) is 7.33. The number of fused-ring (bicyclic) bond motifs is 2. The third-order valence-corrected chi connectivity index (χ3v) is 5.74. The van der Waals surface area contributed by atoms with E-state index >= 15 is 0 Å². The van der Waals surface area contributed by atoms with Crippen molar-refractivity contribution in [3.63, 3.8) is 0 Å². The summed E-state index contributed by atoms with van der Waals surface area (Å²) < 4.78 is 43.2. The van der Waals surface area contributed by atoms with E-state index in [9.17, 15) is 22.8 Å². The van der Waals surface area contributed by atoms with Crippen LogP contribution in [0.4, 0.5) is 18.9 Å². The van der Waals surface area contributed by atoms with Crippen LogP contribution in [0.1, 0.15) is 21.7 Å².